The van der Waals surface area contributed by atoms with Crippen LogP contribution < -0.4 is 27.4 Å². The molecule has 0 spiro atoms. The fourth-order valence-corrected chi connectivity index (χ4v) is 2.51. The molecule has 3 unspecified atom stereocenters. The molecule has 3 atom stereocenters. The molecule has 0 aliphatic rings. The average Bonchev–Trinajstić information content (AvgIpc) is 3.19. The number of carboxylic acids is 1. The fourth-order valence-electron chi connectivity index (χ4n) is 2.51. The second kappa shape index (κ2) is 12.5. The molecular formula is C17H29N7O5. The third-order valence-electron chi connectivity index (χ3n) is 4.13. The van der Waals surface area contributed by atoms with Gasteiger partial charge in [-0.1, -0.05) is 0 Å². The van der Waals surface area contributed by atoms with Crippen molar-refractivity contribution in [2.75, 3.05) is 13.1 Å². The molecule has 0 saturated heterocycles. The predicted octanol–water partition coefficient (Wildman–Crippen LogP) is -2.40. The number of hydrogen-bond donors (Lipinski definition) is 7. The maximum atomic E-state index is 12.5. The first-order valence-electron chi connectivity index (χ1n) is 9.28. The minimum absolute atomic E-state index is 0.00993. The Morgan fingerprint density at radius 3 is 2.38 bits per heavy atom. The molecule has 0 aliphatic heterocycles. The quantitative estimate of drug-likeness (QED) is 0.174. The number of aromatic amines is 1. The van der Waals surface area contributed by atoms with Gasteiger partial charge in [0, 0.05) is 18.3 Å². The van der Waals surface area contributed by atoms with Gasteiger partial charge in [0.05, 0.1) is 12.9 Å². The number of aliphatic carboxylic acids is 1. The lowest BCUT2D eigenvalue weighted by Gasteiger charge is -2.22. The number of nitrogens with one attached hydrogen (secondary N) is 4. The van der Waals surface area contributed by atoms with E-state index in [0.717, 1.165) is 0 Å². The minimum Gasteiger partial charge on any atom is -0.480 e. The Balaban J connectivity index is 2.67. The smallest absolute Gasteiger partial charge is 0.326 e. The number of carboxylic acid groups (broad SMARTS) is 1. The summed E-state index contributed by atoms with van der Waals surface area (Å²) in [5.74, 6) is -2.95. The molecule has 1 heterocycles. The van der Waals surface area contributed by atoms with Gasteiger partial charge in [0.15, 0.2) is 0 Å². The number of unbranched alkanes of at least 4 members (excludes halogenated alkanes) is 1. The fraction of sp³-hybridized carbons (Fsp3) is 0.588. The lowest BCUT2D eigenvalue weighted by Crippen LogP contribution is -2.55. The highest BCUT2D eigenvalue weighted by molar-refractivity contribution is 5.93. The highest BCUT2D eigenvalue weighted by atomic mass is 16.4. The van der Waals surface area contributed by atoms with Gasteiger partial charge in [-0.3, -0.25) is 14.4 Å². The first-order valence-corrected chi connectivity index (χ1v) is 9.28. The largest absolute Gasteiger partial charge is 0.480 e. The van der Waals surface area contributed by atoms with E-state index in [0.29, 0.717) is 31.5 Å². The molecule has 0 fully saturated rings. The number of carbonyl (C=O) groups excluding carboxylic acids is 3. The van der Waals surface area contributed by atoms with Gasteiger partial charge >= 0.3 is 5.97 Å². The number of imidazole rings is 1. The van der Waals surface area contributed by atoms with Gasteiger partial charge in [-0.25, -0.2) is 9.78 Å². The molecule has 12 heteroatoms. The molecule has 9 N–H and O–H groups in total. The highest BCUT2D eigenvalue weighted by Crippen LogP contribution is 2.03. The molecule has 162 valence electrons. The van der Waals surface area contributed by atoms with Gasteiger partial charge in [0.2, 0.25) is 17.7 Å². The lowest BCUT2D eigenvalue weighted by atomic mass is 10.1. The van der Waals surface area contributed by atoms with E-state index in [1.54, 1.807) is 0 Å². The van der Waals surface area contributed by atoms with Gasteiger partial charge in [0.1, 0.15) is 18.1 Å². The summed E-state index contributed by atoms with van der Waals surface area (Å²) in [5.41, 5.74) is 11.3. The van der Waals surface area contributed by atoms with E-state index in [2.05, 4.69) is 25.9 Å². The highest BCUT2D eigenvalue weighted by Gasteiger charge is 2.27. The Bertz CT molecular complexity index is 680. The van der Waals surface area contributed by atoms with E-state index in [-0.39, 0.29) is 13.0 Å². The van der Waals surface area contributed by atoms with E-state index >= 15 is 0 Å². The zero-order valence-electron chi connectivity index (χ0n) is 16.3. The summed E-state index contributed by atoms with van der Waals surface area (Å²) < 4.78 is 0. The zero-order valence-corrected chi connectivity index (χ0v) is 16.3. The Morgan fingerprint density at radius 2 is 1.83 bits per heavy atom. The van der Waals surface area contributed by atoms with Crippen LogP contribution in [-0.4, -0.2) is 70.0 Å². The summed E-state index contributed by atoms with van der Waals surface area (Å²) in [6.45, 7) is 1.60. The van der Waals surface area contributed by atoms with Crippen LogP contribution in [0, 0.1) is 0 Å². The number of aromatic nitrogens is 2. The van der Waals surface area contributed by atoms with Crippen molar-refractivity contribution in [2.24, 2.45) is 11.5 Å². The van der Waals surface area contributed by atoms with Crippen LogP contribution in [0.1, 0.15) is 31.9 Å². The van der Waals surface area contributed by atoms with Gasteiger partial charge < -0.3 is 37.5 Å². The summed E-state index contributed by atoms with van der Waals surface area (Å²) in [4.78, 5) is 54.3. The minimum atomic E-state index is -1.22. The van der Waals surface area contributed by atoms with Crippen LogP contribution >= 0.6 is 0 Å². The second-order valence-electron chi connectivity index (χ2n) is 6.52. The van der Waals surface area contributed by atoms with E-state index < -0.39 is 41.8 Å². The second-order valence-corrected chi connectivity index (χ2v) is 6.52. The van der Waals surface area contributed by atoms with Crippen LogP contribution in [-0.2, 0) is 25.6 Å². The van der Waals surface area contributed by atoms with Gasteiger partial charge in [-0.2, -0.15) is 0 Å². The van der Waals surface area contributed by atoms with Crippen molar-refractivity contribution in [2.45, 2.75) is 50.7 Å². The van der Waals surface area contributed by atoms with Crippen molar-refractivity contribution in [1.82, 2.24) is 25.9 Å². The van der Waals surface area contributed by atoms with E-state index in [4.69, 9.17) is 11.5 Å². The predicted molar refractivity (Wildman–Crippen MR) is 103 cm³/mol. The summed E-state index contributed by atoms with van der Waals surface area (Å²) in [5, 5.41) is 16.7. The maximum Gasteiger partial charge on any atom is 0.326 e. The van der Waals surface area contributed by atoms with Crippen molar-refractivity contribution in [3.8, 4) is 0 Å². The molecule has 1 rings (SSSR count). The molecule has 1 aromatic rings. The number of amides is 3. The number of nitrogens with two attached hydrogens (primary N) is 2. The van der Waals surface area contributed by atoms with E-state index in [1.165, 1.54) is 19.4 Å². The third-order valence-corrected chi connectivity index (χ3v) is 4.13. The molecule has 12 nitrogen and oxygen atoms in total. The Kier molecular flexibility index (Phi) is 10.3. The van der Waals surface area contributed by atoms with Crippen LogP contribution in [0.25, 0.3) is 0 Å². The van der Waals surface area contributed by atoms with Crippen molar-refractivity contribution in [3.63, 3.8) is 0 Å². The monoisotopic (exact) mass is 411 g/mol. The summed E-state index contributed by atoms with van der Waals surface area (Å²) in [7, 11) is 0. The lowest BCUT2D eigenvalue weighted by molar-refractivity contribution is -0.142. The number of carbonyl (C=O) groups is 4. The van der Waals surface area contributed by atoms with Crippen LogP contribution in [0.4, 0.5) is 0 Å². The summed E-state index contributed by atoms with van der Waals surface area (Å²) in [6, 6.07) is -3.08. The first kappa shape index (κ1) is 24.0. The Labute approximate surface area is 168 Å². The average molecular weight is 411 g/mol. The van der Waals surface area contributed by atoms with E-state index in [1.807, 2.05) is 0 Å². The molecule has 0 bridgehead atoms. The van der Waals surface area contributed by atoms with Crippen LogP contribution in [0.5, 0.6) is 0 Å². The standard InChI is InChI=1S/C17H29N7O5/c1-10(15(26)24-13(17(28)29)6-11-8-20-9-21-11)22-16(27)12(4-2-3-5-18)23-14(25)7-19/h8-10,12-13H,2-7,18-19H2,1H3,(H,20,21)(H,22,27)(H,23,25)(H,24,26)(H,28,29). The number of nitrogens with zero attached hydrogens (tertiary/aromatic N) is 1. The van der Waals surface area contributed by atoms with Crippen molar-refractivity contribution in [3.05, 3.63) is 18.2 Å². The van der Waals surface area contributed by atoms with Crippen molar-refractivity contribution < 1.29 is 24.3 Å². The molecule has 0 aromatic carbocycles. The number of hydrogen-bond acceptors (Lipinski definition) is 7. The third kappa shape index (κ3) is 8.70. The van der Waals surface area contributed by atoms with Gasteiger partial charge in [-0.15, -0.1) is 0 Å². The summed E-state index contributed by atoms with van der Waals surface area (Å²) in [6.07, 6.45) is 4.48. The van der Waals surface area contributed by atoms with E-state index in [9.17, 15) is 24.3 Å². The zero-order chi connectivity index (χ0) is 21.8. The Morgan fingerprint density at radius 1 is 1.10 bits per heavy atom. The van der Waals surface area contributed by atoms with Gasteiger partial charge in [0.25, 0.3) is 0 Å². The van der Waals surface area contributed by atoms with Gasteiger partial charge in [-0.05, 0) is 32.7 Å². The molecule has 0 aliphatic carbocycles. The molecule has 0 saturated carbocycles. The van der Waals surface area contributed by atoms with Crippen LogP contribution in [0.3, 0.4) is 0 Å². The first-order chi connectivity index (χ1) is 13.8. The SMILES string of the molecule is CC(NC(=O)C(CCCCN)NC(=O)CN)C(=O)NC(Cc1cnc[nH]1)C(=O)O. The maximum absolute atomic E-state index is 12.5. The molecule has 0 radical (unpaired) electrons. The summed E-state index contributed by atoms with van der Waals surface area (Å²) >= 11 is 0. The Hall–Kier alpha value is -2.99. The van der Waals surface area contributed by atoms with Crippen molar-refractivity contribution >= 4 is 23.7 Å². The molecular weight excluding hydrogens is 382 g/mol. The molecule has 29 heavy (non-hydrogen) atoms. The molecule has 1 aromatic heterocycles. The topological polar surface area (TPSA) is 205 Å². The van der Waals surface area contributed by atoms with Crippen LogP contribution in [0.15, 0.2) is 12.5 Å². The normalized spacial score (nSPS) is 13.8. The van der Waals surface area contributed by atoms with Crippen molar-refractivity contribution in [1.29, 1.82) is 0 Å². The van der Waals surface area contributed by atoms with Crippen LogP contribution in [0.2, 0.25) is 0 Å². The number of rotatable bonds is 13. The number of H-pyrrole nitrogens is 1. The molecule has 3 amide bonds.